The summed E-state index contributed by atoms with van der Waals surface area (Å²) in [5.41, 5.74) is 3.09. The van der Waals surface area contributed by atoms with Gasteiger partial charge in [0.2, 0.25) is 0 Å². The summed E-state index contributed by atoms with van der Waals surface area (Å²) in [6.45, 7) is 4.36. The van der Waals surface area contributed by atoms with Crippen LogP contribution in [-0.2, 0) is 6.42 Å². The lowest BCUT2D eigenvalue weighted by Crippen LogP contribution is -2.43. The van der Waals surface area contributed by atoms with Gasteiger partial charge in [-0.3, -0.25) is 4.79 Å². The topological polar surface area (TPSA) is 59.0 Å². The molecule has 0 unspecified atom stereocenters. The maximum atomic E-state index is 11.5. The highest BCUT2D eigenvalue weighted by Crippen LogP contribution is 2.31. The molecule has 2 aromatic rings. The number of aliphatic hydroxyl groups excluding tert-OH is 1. The van der Waals surface area contributed by atoms with Crippen molar-refractivity contribution in [3.8, 4) is 11.5 Å². The number of aliphatic hydroxyl groups is 1. The average molecular weight is 369 g/mol. The van der Waals surface area contributed by atoms with E-state index in [0.29, 0.717) is 29.6 Å². The van der Waals surface area contributed by atoms with Crippen LogP contribution in [0.25, 0.3) is 0 Å². The molecule has 0 saturated carbocycles. The molecule has 0 amide bonds. The van der Waals surface area contributed by atoms with Crippen LogP contribution < -0.4 is 14.4 Å². The molecular weight excluding hydrogens is 342 g/mol. The number of hydrogen-bond donors (Lipinski definition) is 1. The van der Waals surface area contributed by atoms with Crippen molar-refractivity contribution in [1.29, 1.82) is 0 Å². The van der Waals surface area contributed by atoms with E-state index in [9.17, 15) is 9.90 Å². The molecule has 0 aromatic heterocycles. The first-order chi connectivity index (χ1) is 13.0. The fourth-order valence-electron chi connectivity index (χ4n) is 3.51. The van der Waals surface area contributed by atoms with Crippen LogP contribution in [0.15, 0.2) is 42.5 Å². The molecule has 0 spiro atoms. The summed E-state index contributed by atoms with van der Waals surface area (Å²) in [5.74, 6) is 0.984. The monoisotopic (exact) mass is 369 g/mol. The van der Waals surface area contributed by atoms with E-state index in [2.05, 4.69) is 30.0 Å². The molecule has 5 heteroatoms. The number of rotatable bonds is 7. The van der Waals surface area contributed by atoms with Crippen molar-refractivity contribution in [2.45, 2.75) is 38.8 Å². The number of Topliss-reactive ketones (excluding diaryl/α,β-unsaturated/α-hetero) is 1. The summed E-state index contributed by atoms with van der Waals surface area (Å²) in [4.78, 5) is 13.8. The van der Waals surface area contributed by atoms with Crippen LogP contribution >= 0.6 is 0 Å². The van der Waals surface area contributed by atoms with Crippen LogP contribution in [0.2, 0.25) is 0 Å². The fourth-order valence-corrected chi connectivity index (χ4v) is 3.51. The van der Waals surface area contributed by atoms with Crippen molar-refractivity contribution in [3.05, 3.63) is 53.6 Å². The number of ether oxygens (including phenoxy) is 2. The molecule has 3 rings (SSSR count). The third-order valence-electron chi connectivity index (χ3n) is 5.07. The quantitative estimate of drug-likeness (QED) is 0.757. The van der Waals surface area contributed by atoms with Gasteiger partial charge in [-0.2, -0.15) is 0 Å². The number of β-amino-alcohol motifs (C(OH)–C–C–N with tert-alkyl or cyclic N) is 1. The van der Waals surface area contributed by atoms with Gasteiger partial charge in [-0.1, -0.05) is 18.2 Å². The van der Waals surface area contributed by atoms with E-state index < -0.39 is 6.10 Å². The van der Waals surface area contributed by atoms with E-state index in [0.717, 1.165) is 12.8 Å². The zero-order valence-electron chi connectivity index (χ0n) is 16.1. The number of anilines is 1. The number of methoxy groups -OCH3 is 1. The third-order valence-corrected chi connectivity index (χ3v) is 5.07. The molecule has 1 aliphatic heterocycles. The van der Waals surface area contributed by atoms with Crippen molar-refractivity contribution in [2.24, 2.45) is 0 Å². The van der Waals surface area contributed by atoms with Crippen molar-refractivity contribution >= 4 is 11.5 Å². The van der Waals surface area contributed by atoms with Crippen molar-refractivity contribution < 1.29 is 19.4 Å². The molecule has 0 aliphatic carbocycles. The number of carbonyl (C=O) groups is 1. The number of benzene rings is 2. The van der Waals surface area contributed by atoms with Gasteiger partial charge >= 0.3 is 0 Å². The van der Waals surface area contributed by atoms with Gasteiger partial charge in [0.05, 0.1) is 7.11 Å². The van der Waals surface area contributed by atoms with Crippen LogP contribution in [0.5, 0.6) is 11.5 Å². The van der Waals surface area contributed by atoms with E-state index in [1.165, 1.54) is 25.3 Å². The highest BCUT2D eigenvalue weighted by atomic mass is 16.5. The second kappa shape index (κ2) is 8.44. The Kier molecular flexibility index (Phi) is 6.01. The minimum atomic E-state index is -0.643. The predicted octanol–water partition coefficient (Wildman–Crippen LogP) is 3.48. The molecule has 2 atom stereocenters. The molecule has 144 valence electrons. The molecule has 0 radical (unpaired) electrons. The number of para-hydroxylation sites is 1. The average Bonchev–Trinajstić information content (AvgIpc) is 2.68. The maximum absolute atomic E-state index is 11.5. The van der Waals surface area contributed by atoms with Crippen molar-refractivity contribution in [1.82, 2.24) is 0 Å². The van der Waals surface area contributed by atoms with Crippen molar-refractivity contribution in [2.75, 3.05) is 25.2 Å². The molecule has 0 fully saturated rings. The Morgan fingerprint density at radius 2 is 2.04 bits per heavy atom. The van der Waals surface area contributed by atoms with Crippen LogP contribution in [0, 0.1) is 0 Å². The Morgan fingerprint density at radius 1 is 1.26 bits per heavy atom. The zero-order chi connectivity index (χ0) is 19.4. The first kappa shape index (κ1) is 19.2. The number of ketones is 1. The lowest BCUT2D eigenvalue weighted by Gasteiger charge is -2.38. The Labute approximate surface area is 160 Å². The van der Waals surface area contributed by atoms with E-state index in [1.54, 1.807) is 18.2 Å². The highest BCUT2D eigenvalue weighted by Gasteiger charge is 2.25. The number of fused-ring (bicyclic) bond motifs is 1. The SMILES string of the molecule is COc1cc(C(C)=O)ccc1OC[C@H](O)CN1c2ccccc2CC[C@H]1C. The van der Waals surface area contributed by atoms with Crippen LogP contribution in [-0.4, -0.2) is 43.3 Å². The lowest BCUT2D eigenvalue weighted by atomic mass is 9.96. The minimum absolute atomic E-state index is 0.0300. The van der Waals surface area contributed by atoms with Gasteiger partial charge < -0.3 is 19.5 Å². The van der Waals surface area contributed by atoms with Gasteiger partial charge in [0.1, 0.15) is 12.7 Å². The van der Waals surface area contributed by atoms with Gasteiger partial charge in [-0.05, 0) is 56.5 Å². The maximum Gasteiger partial charge on any atom is 0.161 e. The number of aryl methyl sites for hydroxylation is 1. The van der Waals surface area contributed by atoms with Gasteiger partial charge in [0, 0.05) is 23.8 Å². The van der Waals surface area contributed by atoms with Gasteiger partial charge in [0.25, 0.3) is 0 Å². The lowest BCUT2D eigenvalue weighted by molar-refractivity contribution is 0.101. The van der Waals surface area contributed by atoms with Gasteiger partial charge in [-0.15, -0.1) is 0 Å². The van der Waals surface area contributed by atoms with Crippen molar-refractivity contribution in [3.63, 3.8) is 0 Å². The highest BCUT2D eigenvalue weighted by molar-refractivity contribution is 5.94. The van der Waals surface area contributed by atoms with E-state index in [1.807, 2.05) is 6.07 Å². The van der Waals surface area contributed by atoms with Crippen LogP contribution in [0.1, 0.15) is 36.2 Å². The first-order valence-electron chi connectivity index (χ1n) is 9.34. The smallest absolute Gasteiger partial charge is 0.161 e. The summed E-state index contributed by atoms with van der Waals surface area (Å²) in [6, 6.07) is 13.8. The third kappa shape index (κ3) is 4.42. The van der Waals surface area contributed by atoms with Gasteiger partial charge in [-0.25, -0.2) is 0 Å². The normalized spacial score (nSPS) is 17.2. The molecule has 5 nitrogen and oxygen atoms in total. The second-order valence-electron chi connectivity index (χ2n) is 7.06. The second-order valence-corrected chi connectivity index (χ2v) is 7.06. The summed E-state index contributed by atoms with van der Waals surface area (Å²) in [7, 11) is 1.54. The molecule has 27 heavy (non-hydrogen) atoms. The van der Waals surface area contributed by atoms with E-state index in [-0.39, 0.29) is 12.4 Å². The molecule has 1 aliphatic rings. The van der Waals surface area contributed by atoms with Crippen LogP contribution in [0.4, 0.5) is 5.69 Å². The predicted molar refractivity (Wildman–Crippen MR) is 106 cm³/mol. The molecule has 1 N–H and O–H groups in total. The molecule has 0 saturated heterocycles. The Morgan fingerprint density at radius 3 is 2.78 bits per heavy atom. The Hall–Kier alpha value is -2.53. The standard InChI is InChI=1S/C22H27NO4/c1-15-8-9-17-6-4-5-7-20(17)23(15)13-19(25)14-27-21-11-10-18(16(2)24)12-22(21)26-3/h4-7,10-12,15,19,25H,8-9,13-14H2,1-3H3/t15-,19-/m1/s1. The number of hydrogen-bond acceptors (Lipinski definition) is 5. The summed E-state index contributed by atoms with van der Waals surface area (Å²) >= 11 is 0. The molecule has 2 aromatic carbocycles. The van der Waals surface area contributed by atoms with E-state index >= 15 is 0 Å². The van der Waals surface area contributed by atoms with Gasteiger partial charge in [0.15, 0.2) is 17.3 Å². The first-order valence-corrected chi connectivity index (χ1v) is 9.34. The summed E-state index contributed by atoms with van der Waals surface area (Å²) in [6.07, 6.45) is 1.50. The molecular formula is C22H27NO4. The molecule has 1 heterocycles. The number of carbonyl (C=O) groups excluding carboxylic acids is 1. The summed E-state index contributed by atoms with van der Waals surface area (Å²) < 4.78 is 11.1. The minimum Gasteiger partial charge on any atom is -0.493 e. The van der Waals surface area contributed by atoms with Crippen LogP contribution in [0.3, 0.4) is 0 Å². The Balaban J connectivity index is 1.65. The number of nitrogens with zero attached hydrogens (tertiary/aromatic N) is 1. The zero-order valence-corrected chi connectivity index (χ0v) is 16.1. The summed E-state index contributed by atoms with van der Waals surface area (Å²) in [5, 5.41) is 10.6. The fraction of sp³-hybridized carbons (Fsp3) is 0.409. The Bertz CT molecular complexity index is 805. The molecule has 0 bridgehead atoms. The van der Waals surface area contributed by atoms with E-state index in [4.69, 9.17) is 9.47 Å². The largest absolute Gasteiger partial charge is 0.493 e.